The monoisotopic (exact) mass is 229 g/mol. The van der Waals surface area contributed by atoms with Crippen molar-refractivity contribution >= 4 is 5.97 Å². The van der Waals surface area contributed by atoms with Gasteiger partial charge in [-0.15, -0.1) is 0 Å². The Morgan fingerprint density at radius 1 is 1.50 bits per heavy atom. The molecule has 0 fully saturated rings. The van der Waals surface area contributed by atoms with E-state index in [0.29, 0.717) is 13.2 Å². The lowest BCUT2D eigenvalue weighted by Crippen LogP contribution is -2.01. The van der Waals surface area contributed by atoms with Gasteiger partial charge < -0.3 is 19.0 Å². The Kier molecular flexibility index (Phi) is 4.78. The second-order valence-electron chi connectivity index (χ2n) is 3.03. The van der Waals surface area contributed by atoms with Crippen LogP contribution in [0.4, 0.5) is 0 Å². The molecule has 0 radical (unpaired) electrons. The Balaban J connectivity index is 2.72. The van der Waals surface area contributed by atoms with Crippen LogP contribution in [0.2, 0.25) is 0 Å². The van der Waals surface area contributed by atoms with Crippen LogP contribution in [0, 0.1) is 0 Å². The van der Waals surface area contributed by atoms with Crippen molar-refractivity contribution in [3.05, 3.63) is 11.6 Å². The van der Waals surface area contributed by atoms with Crippen molar-refractivity contribution in [2.24, 2.45) is 0 Å². The van der Waals surface area contributed by atoms with E-state index in [9.17, 15) is 4.79 Å². The zero-order valence-corrected chi connectivity index (χ0v) is 9.36. The minimum absolute atomic E-state index is 0.0647. The number of oxazole rings is 1. The van der Waals surface area contributed by atoms with Crippen LogP contribution < -0.4 is 4.74 Å². The molecule has 0 aromatic carbocycles. The van der Waals surface area contributed by atoms with Gasteiger partial charge in [-0.1, -0.05) is 6.92 Å². The molecule has 0 atom stereocenters. The summed E-state index contributed by atoms with van der Waals surface area (Å²) in [5.41, 5.74) is -0.211. The molecule has 6 nitrogen and oxygen atoms in total. The highest BCUT2D eigenvalue weighted by Crippen LogP contribution is 2.20. The summed E-state index contributed by atoms with van der Waals surface area (Å²) in [5.74, 6) is -1.02. The maximum Gasteiger partial charge on any atom is 0.362 e. The summed E-state index contributed by atoms with van der Waals surface area (Å²) in [6.45, 7) is 4.77. The van der Waals surface area contributed by atoms with Crippen molar-refractivity contribution in [2.75, 3.05) is 13.2 Å². The maximum absolute atomic E-state index is 10.8. The van der Waals surface area contributed by atoms with Gasteiger partial charge in [0.05, 0.1) is 6.61 Å². The first-order valence-corrected chi connectivity index (χ1v) is 5.12. The average Bonchev–Trinajstić information content (AvgIpc) is 2.62. The highest BCUT2D eigenvalue weighted by Gasteiger charge is 2.20. The minimum Gasteiger partial charge on any atom is -0.476 e. The van der Waals surface area contributed by atoms with E-state index in [4.69, 9.17) is 19.0 Å². The van der Waals surface area contributed by atoms with E-state index in [1.54, 1.807) is 6.92 Å². The lowest BCUT2D eigenvalue weighted by molar-refractivity contribution is 0.0683. The average molecular weight is 229 g/mol. The highest BCUT2D eigenvalue weighted by atomic mass is 16.6. The molecule has 1 aromatic rings. The van der Waals surface area contributed by atoms with Crippen molar-refractivity contribution in [1.82, 2.24) is 4.98 Å². The van der Waals surface area contributed by atoms with Gasteiger partial charge in [-0.25, -0.2) is 9.78 Å². The van der Waals surface area contributed by atoms with Crippen molar-refractivity contribution in [1.29, 1.82) is 0 Å². The van der Waals surface area contributed by atoms with Gasteiger partial charge in [0.1, 0.15) is 6.61 Å². The molecule has 6 heteroatoms. The summed E-state index contributed by atoms with van der Waals surface area (Å²) in [5, 5.41) is 8.83. The Labute approximate surface area is 93.2 Å². The van der Waals surface area contributed by atoms with Crippen LogP contribution in [0.15, 0.2) is 4.42 Å². The van der Waals surface area contributed by atoms with Crippen LogP contribution >= 0.6 is 0 Å². The fraction of sp³-hybridized carbons (Fsp3) is 0.600. The van der Waals surface area contributed by atoms with E-state index >= 15 is 0 Å². The number of carbonyl (C=O) groups is 1. The zero-order chi connectivity index (χ0) is 12.0. The van der Waals surface area contributed by atoms with Crippen molar-refractivity contribution in [2.45, 2.75) is 26.9 Å². The van der Waals surface area contributed by atoms with Gasteiger partial charge in [-0.2, -0.15) is 0 Å². The molecule has 0 aliphatic carbocycles. The number of aromatic carboxylic acids is 1. The number of aromatic nitrogens is 1. The van der Waals surface area contributed by atoms with Crippen LogP contribution in [-0.4, -0.2) is 29.3 Å². The van der Waals surface area contributed by atoms with Crippen LogP contribution in [0.25, 0.3) is 0 Å². The molecule has 0 amide bonds. The number of ether oxygens (including phenoxy) is 2. The minimum atomic E-state index is -1.17. The highest BCUT2D eigenvalue weighted by molar-refractivity contribution is 5.87. The Morgan fingerprint density at radius 3 is 2.81 bits per heavy atom. The number of carboxylic acids is 1. The third-order valence-corrected chi connectivity index (χ3v) is 1.69. The molecule has 0 aliphatic rings. The number of rotatable bonds is 7. The lowest BCUT2D eigenvalue weighted by atomic mass is 10.5. The molecule has 0 saturated heterocycles. The number of nitrogens with zero attached hydrogens (tertiary/aromatic N) is 1. The van der Waals surface area contributed by atoms with Gasteiger partial charge in [0.15, 0.2) is 0 Å². The maximum atomic E-state index is 10.8. The summed E-state index contributed by atoms with van der Waals surface area (Å²) in [7, 11) is 0. The molecule has 16 heavy (non-hydrogen) atoms. The molecular weight excluding hydrogens is 214 g/mol. The summed E-state index contributed by atoms with van der Waals surface area (Å²) in [6.07, 6.45) is 0.880. The van der Waals surface area contributed by atoms with Gasteiger partial charge in [-0.3, -0.25) is 0 Å². The second-order valence-corrected chi connectivity index (χ2v) is 3.03. The quantitative estimate of drug-likeness (QED) is 0.716. The van der Waals surface area contributed by atoms with Crippen LogP contribution in [0.1, 0.15) is 36.6 Å². The fourth-order valence-corrected chi connectivity index (χ4v) is 1.08. The molecule has 0 saturated carbocycles. The third kappa shape index (κ3) is 3.23. The van der Waals surface area contributed by atoms with Crippen molar-refractivity contribution in [3.8, 4) is 5.95 Å². The summed E-state index contributed by atoms with van der Waals surface area (Å²) >= 11 is 0. The van der Waals surface area contributed by atoms with E-state index in [-0.39, 0.29) is 24.1 Å². The van der Waals surface area contributed by atoms with Crippen molar-refractivity contribution < 1.29 is 23.8 Å². The SMILES string of the molecule is CCCOCc1nc(C(=O)O)c(OCC)o1. The Morgan fingerprint density at radius 2 is 2.25 bits per heavy atom. The molecule has 0 spiro atoms. The fourth-order valence-electron chi connectivity index (χ4n) is 1.08. The van der Waals surface area contributed by atoms with E-state index in [1.165, 1.54) is 0 Å². The number of hydrogen-bond donors (Lipinski definition) is 1. The van der Waals surface area contributed by atoms with E-state index < -0.39 is 5.97 Å². The van der Waals surface area contributed by atoms with Gasteiger partial charge in [0.25, 0.3) is 0 Å². The van der Waals surface area contributed by atoms with E-state index in [0.717, 1.165) is 6.42 Å². The van der Waals surface area contributed by atoms with Gasteiger partial charge in [0.2, 0.25) is 11.6 Å². The van der Waals surface area contributed by atoms with Crippen LogP contribution in [0.3, 0.4) is 0 Å². The largest absolute Gasteiger partial charge is 0.476 e. The van der Waals surface area contributed by atoms with Crippen LogP contribution in [0.5, 0.6) is 5.95 Å². The molecule has 90 valence electrons. The van der Waals surface area contributed by atoms with E-state index in [2.05, 4.69) is 4.98 Å². The molecule has 1 aromatic heterocycles. The van der Waals surface area contributed by atoms with Gasteiger partial charge in [0, 0.05) is 6.61 Å². The summed E-state index contributed by atoms with van der Waals surface area (Å²) in [4.78, 5) is 14.6. The first-order valence-electron chi connectivity index (χ1n) is 5.12. The number of carboxylic acid groups (broad SMARTS) is 1. The summed E-state index contributed by atoms with van der Waals surface area (Å²) < 4.78 is 15.3. The summed E-state index contributed by atoms with van der Waals surface area (Å²) in [6, 6.07) is 0. The molecule has 0 unspecified atom stereocenters. The predicted molar refractivity (Wildman–Crippen MR) is 54.6 cm³/mol. The molecule has 0 bridgehead atoms. The Hall–Kier alpha value is -1.56. The Bertz CT molecular complexity index is 347. The smallest absolute Gasteiger partial charge is 0.362 e. The first-order chi connectivity index (χ1) is 7.69. The molecule has 1 N–H and O–H groups in total. The first kappa shape index (κ1) is 12.5. The molecular formula is C10H15NO5. The van der Waals surface area contributed by atoms with Gasteiger partial charge in [-0.05, 0) is 13.3 Å². The standard InChI is InChI=1S/C10H15NO5/c1-3-5-14-6-7-11-8(9(12)13)10(16-7)15-4-2/h3-6H2,1-2H3,(H,12,13). The molecule has 0 aliphatic heterocycles. The lowest BCUT2D eigenvalue weighted by Gasteiger charge is -1.98. The van der Waals surface area contributed by atoms with Gasteiger partial charge >= 0.3 is 11.9 Å². The number of hydrogen-bond acceptors (Lipinski definition) is 5. The molecule has 1 rings (SSSR count). The normalized spacial score (nSPS) is 10.4. The molecule has 1 heterocycles. The van der Waals surface area contributed by atoms with Crippen molar-refractivity contribution in [3.63, 3.8) is 0 Å². The predicted octanol–water partition coefficient (Wildman–Crippen LogP) is 1.70. The topological polar surface area (TPSA) is 81.8 Å². The third-order valence-electron chi connectivity index (χ3n) is 1.69. The van der Waals surface area contributed by atoms with Crippen LogP contribution in [-0.2, 0) is 11.3 Å². The zero-order valence-electron chi connectivity index (χ0n) is 9.36. The second kappa shape index (κ2) is 6.12. The van der Waals surface area contributed by atoms with E-state index in [1.807, 2.05) is 6.92 Å².